The van der Waals surface area contributed by atoms with Gasteiger partial charge >= 0.3 is 13.8 Å². The molecule has 11 heteroatoms. The summed E-state index contributed by atoms with van der Waals surface area (Å²) < 4.78 is 31.7. The maximum Gasteiger partial charge on any atom is 0.469 e. The number of carbonyl (C=O) groups is 2. The van der Waals surface area contributed by atoms with E-state index in [0.717, 1.165) is 64.3 Å². The summed E-state index contributed by atoms with van der Waals surface area (Å²) in [6.07, 6.45) is 15.8. The van der Waals surface area contributed by atoms with Crippen LogP contribution < -0.4 is 5.32 Å². The molecule has 0 spiro atoms. The molecule has 0 aromatic rings. The van der Waals surface area contributed by atoms with Gasteiger partial charge in [-0.2, -0.15) is 0 Å². The van der Waals surface area contributed by atoms with Crippen molar-refractivity contribution in [2.45, 2.75) is 123 Å². The zero-order valence-electron chi connectivity index (χ0n) is 23.1. The van der Waals surface area contributed by atoms with Crippen LogP contribution in [-0.2, 0) is 32.9 Å². The fourth-order valence-electron chi connectivity index (χ4n) is 3.72. The van der Waals surface area contributed by atoms with Gasteiger partial charge in [0.1, 0.15) is 12.9 Å². The molecule has 0 bridgehead atoms. The van der Waals surface area contributed by atoms with Crippen LogP contribution in [-0.4, -0.2) is 60.9 Å². The van der Waals surface area contributed by atoms with Gasteiger partial charge in [-0.3, -0.25) is 14.1 Å². The first-order valence-electron chi connectivity index (χ1n) is 14.0. The Morgan fingerprint density at radius 2 is 1.35 bits per heavy atom. The van der Waals surface area contributed by atoms with Gasteiger partial charge in [0, 0.05) is 26.5 Å². The molecule has 0 radical (unpaired) electrons. The van der Waals surface area contributed by atoms with E-state index >= 15 is 0 Å². The van der Waals surface area contributed by atoms with E-state index in [1.165, 1.54) is 45.4 Å². The van der Waals surface area contributed by atoms with Crippen molar-refractivity contribution in [3.05, 3.63) is 0 Å². The van der Waals surface area contributed by atoms with Gasteiger partial charge < -0.3 is 29.3 Å². The van der Waals surface area contributed by atoms with Crippen molar-refractivity contribution >= 4 is 19.7 Å². The molecule has 1 atom stereocenters. The highest BCUT2D eigenvalue weighted by atomic mass is 31.2. The number of unbranched alkanes of at least 4 members (excludes halogenated alkanes) is 13. The minimum Gasteiger partial charge on any atom is -0.457 e. The van der Waals surface area contributed by atoms with Crippen LogP contribution in [0.3, 0.4) is 0 Å². The third kappa shape index (κ3) is 29.4. The predicted molar refractivity (Wildman–Crippen MR) is 143 cm³/mol. The number of amides is 1. The van der Waals surface area contributed by atoms with E-state index in [4.69, 9.17) is 24.0 Å². The van der Waals surface area contributed by atoms with E-state index in [1.807, 2.05) is 0 Å². The molecule has 3 N–H and O–H groups in total. The molecule has 0 aliphatic rings. The van der Waals surface area contributed by atoms with Gasteiger partial charge in [0.15, 0.2) is 0 Å². The lowest BCUT2D eigenvalue weighted by Gasteiger charge is -2.18. The van der Waals surface area contributed by atoms with Gasteiger partial charge in [-0.05, 0) is 19.3 Å². The Labute approximate surface area is 223 Å². The molecule has 37 heavy (non-hydrogen) atoms. The lowest BCUT2D eigenvalue weighted by molar-refractivity contribution is -0.158. The van der Waals surface area contributed by atoms with Crippen LogP contribution in [0.4, 0.5) is 0 Å². The molecular formula is C26H52NO9P. The quantitative estimate of drug-likeness (QED) is 0.0528. The molecule has 10 nitrogen and oxygen atoms in total. The Bertz CT molecular complexity index is 601. The molecule has 0 saturated heterocycles. The van der Waals surface area contributed by atoms with E-state index in [2.05, 4.69) is 16.8 Å². The van der Waals surface area contributed by atoms with Crippen molar-refractivity contribution in [3.8, 4) is 0 Å². The second-order valence-electron chi connectivity index (χ2n) is 9.48. The van der Waals surface area contributed by atoms with Crippen LogP contribution >= 0.6 is 7.82 Å². The molecule has 0 fully saturated rings. The highest BCUT2D eigenvalue weighted by Crippen LogP contribution is 2.35. The van der Waals surface area contributed by atoms with Gasteiger partial charge in [-0.15, -0.1) is 0 Å². The number of hydrogen-bond acceptors (Lipinski definition) is 7. The minimum absolute atomic E-state index is 0.00994. The first-order chi connectivity index (χ1) is 17.7. The predicted octanol–water partition coefficient (Wildman–Crippen LogP) is 5.40. The van der Waals surface area contributed by atoms with E-state index in [1.54, 1.807) is 0 Å². The summed E-state index contributed by atoms with van der Waals surface area (Å²) in [6, 6.07) is 0. The minimum atomic E-state index is -4.67. The van der Waals surface area contributed by atoms with Gasteiger partial charge in [0.25, 0.3) is 0 Å². The molecule has 0 saturated carbocycles. The fourth-order valence-corrected chi connectivity index (χ4v) is 4.08. The van der Waals surface area contributed by atoms with Crippen molar-refractivity contribution in [3.63, 3.8) is 0 Å². The maximum atomic E-state index is 12.1. The van der Waals surface area contributed by atoms with Gasteiger partial charge in [-0.1, -0.05) is 84.0 Å². The smallest absolute Gasteiger partial charge is 0.457 e. The Hall–Kier alpha value is -1.03. The van der Waals surface area contributed by atoms with E-state index in [0.29, 0.717) is 6.61 Å². The number of phosphoric ester groups is 1. The normalized spacial score (nSPS) is 12.4. The SMILES string of the molecule is CCCCCCCCCC(=O)O[C@@H](COCOCCCCCCCCCCNC(C)=O)COP(=O)(O)O. The molecule has 220 valence electrons. The summed E-state index contributed by atoms with van der Waals surface area (Å²) in [5.74, 6) is -0.399. The Morgan fingerprint density at radius 3 is 1.95 bits per heavy atom. The second-order valence-corrected chi connectivity index (χ2v) is 10.7. The molecule has 0 unspecified atom stereocenters. The summed E-state index contributed by atoms with van der Waals surface area (Å²) in [5, 5.41) is 2.80. The Balaban J connectivity index is 3.83. The highest BCUT2D eigenvalue weighted by Gasteiger charge is 2.21. The highest BCUT2D eigenvalue weighted by molar-refractivity contribution is 7.46. The summed E-state index contributed by atoms with van der Waals surface area (Å²) >= 11 is 0. The molecule has 0 aromatic heterocycles. The van der Waals surface area contributed by atoms with Crippen molar-refractivity contribution in [1.29, 1.82) is 0 Å². The summed E-state index contributed by atoms with van der Waals surface area (Å²) in [6.45, 7) is 4.52. The van der Waals surface area contributed by atoms with Crippen LogP contribution in [0, 0.1) is 0 Å². The first kappa shape index (κ1) is 36.0. The largest absolute Gasteiger partial charge is 0.469 e. The molecule has 0 aliphatic heterocycles. The number of nitrogens with one attached hydrogen (secondary N) is 1. The maximum absolute atomic E-state index is 12.1. The molecule has 0 heterocycles. The summed E-state index contributed by atoms with van der Waals surface area (Å²) in [4.78, 5) is 40.8. The van der Waals surface area contributed by atoms with Crippen molar-refractivity contribution in [2.24, 2.45) is 0 Å². The zero-order valence-corrected chi connectivity index (χ0v) is 24.0. The van der Waals surface area contributed by atoms with Crippen LogP contribution in [0.15, 0.2) is 0 Å². The molecule has 0 aromatic carbocycles. The van der Waals surface area contributed by atoms with E-state index in [9.17, 15) is 14.2 Å². The average Bonchev–Trinajstić information content (AvgIpc) is 2.83. The number of rotatable bonds is 27. The lowest BCUT2D eigenvalue weighted by Crippen LogP contribution is -2.28. The van der Waals surface area contributed by atoms with Gasteiger partial charge in [0.05, 0.1) is 13.2 Å². The molecule has 1 amide bonds. The zero-order chi connectivity index (χ0) is 27.6. The monoisotopic (exact) mass is 553 g/mol. The van der Waals surface area contributed by atoms with Crippen LogP contribution in [0.1, 0.15) is 117 Å². The van der Waals surface area contributed by atoms with Crippen LogP contribution in [0.25, 0.3) is 0 Å². The standard InChI is InChI=1S/C26H52NO9P/c1-3-4-5-6-9-12-15-18-26(29)36-25(22-35-37(30,31)32)21-34-23-33-20-17-14-11-8-7-10-13-16-19-27-24(2)28/h25H,3-23H2,1-2H3,(H,27,28)(H2,30,31,32)/t25-/m0/s1. The third-order valence-corrected chi connectivity index (χ3v) is 6.26. The summed E-state index contributed by atoms with van der Waals surface area (Å²) in [7, 11) is -4.67. The topological polar surface area (TPSA) is 141 Å². The molecular weight excluding hydrogens is 501 g/mol. The number of phosphoric acid groups is 1. The van der Waals surface area contributed by atoms with Gasteiger partial charge in [0.2, 0.25) is 5.91 Å². The average molecular weight is 554 g/mol. The molecule has 0 rings (SSSR count). The van der Waals surface area contributed by atoms with Gasteiger partial charge in [-0.25, -0.2) is 4.57 Å². The Kier molecular flexibility index (Phi) is 24.6. The van der Waals surface area contributed by atoms with Crippen LogP contribution in [0.2, 0.25) is 0 Å². The van der Waals surface area contributed by atoms with E-state index in [-0.39, 0.29) is 25.7 Å². The number of ether oxygens (including phenoxy) is 3. The van der Waals surface area contributed by atoms with Crippen molar-refractivity contribution in [1.82, 2.24) is 5.32 Å². The Morgan fingerprint density at radius 1 is 0.784 bits per heavy atom. The lowest BCUT2D eigenvalue weighted by atomic mass is 10.1. The van der Waals surface area contributed by atoms with Crippen molar-refractivity contribution in [2.75, 3.05) is 33.2 Å². The summed E-state index contributed by atoms with van der Waals surface area (Å²) in [5.41, 5.74) is 0. The van der Waals surface area contributed by atoms with Crippen molar-refractivity contribution < 1.29 is 42.7 Å². The number of esters is 1. The molecule has 0 aliphatic carbocycles. The number of carbonyl (C=O) groups excluding carboxylic acids is 2. The van der Waals surface area contributed by atoms with Crippen LogP contribution in [0.5, 0.6) is 0 Å². The third-order valence-electron chi connectivity index (χ3n) is 5.77. The fraction of sp³-hybridized carbons (Fsp3) is 0.923. The van der Waals surface area contributed by atoms with E-state index < -0.39 is 26.5 Å². The first-order valence-corrected chi connectivity index (χ1v) is 15.6. The second kappa shape index (κ2) is 25.3. The number of hydrogen-bond donors (Lipinski definition) is 3.